The van der Waals surface area contributed by atoms with Crippen molar-refractivity contribution in [1.29, 1.82) is 0 Å². The Bertz CT molecular complexity index is 47.6. The third-order valence-corrected chi connectivity index (χ3v) is 0.424. The number of nitrogens with zero attached hydrogens (tertiary/aromatic N) is 1. The summed E-state index contributed by atoms with van der Waals surface area (Å²) in [5, 5.41) is 0. The van der Waals surface area contributed by atoms with Gasteiger partial charge in [-0.05, 0) is 0 Å². The van der Waals surface area contributed by atoms with E-state index in [1.54, 1.807) is 0 Å². The van der Waals surface area contributed by atoms with E-state index in [9.17, 15) is 0 Å². The van der Waals surface area contributed by atoms with E-state index in [4.69, 9.17) is 4.57 Å². The maximum absolute atomic E-state index is 9.08. The zero-order valence-corrected chi connectivity index (χ0v) is 5.80. The van der Waals surface area contributed by atoms with Crippen molar-refractivity contribution in [2.75, 3.05) is 0 Å². The molecule has 0 bridgehead atoms. The van der Waals surface area contributed by atoms with Crippen LogP contribution in [-0.4, -0.2) is 0 Å². The molecule has 5 heteroatoms. The minimum atomic E-state index is -0.164. The average molecular weight is 200 g/mol. The molecule has 0 aliphatic heterocycles. The molecule has 1 unspecified atom stereocenters. The van der Waals surface area contributed by atoms with Crippen molar-refractivity contribution in [3.8, 4) is 0 Å². The van der Waals surface area contributed by atoms with Gasteiger partial charge < -0.3 is 0 Å². The molecule has 0 rings (SSSR count). The molecule has 0 aromatic rings. The van der Waals surface area contributed by atoms with Crippen molar-refractivity contribution in [1.82, 2.24) is 0 Å². The maximum Gasteiger partial charge on any atom is 0 e. The molecule has 2 nitrogen and oxygen atoms in total. The van der Waals surface area contributed by atoms with E-state index in [1.165, 1.54) is 0 Å². The van der Waals surface area contributed by atoms with Gasteiger partial charge in [0.05, 0.1) is 0 Å². The third kappa shape index (κ3) is 11.1. The summed E-state index contributed by atoms with van der Waals surface area (Å²) < 4.78 is 12.2. The fraction of sp³-hybridized carbons (Fsp3) is 0. The van der Waals surface area contributed by atoms with Crippen LogP contribution in [-0.2, 0) is 25.0 Å². The normalized spacial score (nSPS) is 4.20. The van der Waals surface area contributed by atoms with Crippen LogP contribution in [0.3, 0.4) is 0 Å². The van der Waals surface area contributed by atoms with Crippen molar-refractivity contribution < 1.29 is 25.0 Å². The first-order valence-electron chi connectivity index (χ1n) is 0.641. The van der Waals surface area contributed by atoms with Crippen LogP contribution in [0.1, 0.15) is 0 Å². The fourth-order valence-electron chi connectivity index (χ4n) is 0. The van der Waals surface area contributed by atoms with Gasteiger partial charge in [0.1, 0.15) is 0 Å². The molecule has 0 aliphatic rings. The third-order valence-electron chi connectivity index (χ3n) is 0.0471. The van der Waals surface area contributed by atoms with Gasteiger partial charge in [-0.25, -0.2) is 0 Å². The van der Waals surface area contributed by atoms with E-state index in [2.05, 4.69) is 4.52 Å². The van der Waals surface area contributed by atoms with Gasteiger partial charge in [0, 0.05) is 20.4 Å². The monoisotopic (exact) mass is 200 g/mol. The molecule has 0 heterocycles. The molecule has 32 valence electrons. The van der Waals surface area contributed by atoms with Crippen molar-refractivity contribution in [2.45, 2.75) is 0 Å². The molecule has 0 saturated heterocycles. The molecule has 0 amide bonds. The summed E-state index contributed by atoms with van der Waals surface area (Å²) in [4.78, 5) is 0. The van der Waals surface area contributed by atoms with Crippen LogP contribution >= 0.6 is 17.6 Å². The molecule has 1 atom stereocenters. The molecule has 0 N–H and O–H groups in total. The summed E-state index contributed by atoms with van der Waals surface area (Å²) in [5.74, 6) is 0. The Balaban J connectivity index is 0. The fourth-order valence-corrected chi connectivity index (χ4v) is 0. The van der Waals surface area contributed by atoms with E-state index in [1.807, 2.05) is 9.39 Å². The molecular formula is H2NOP2Pd+. The summed E-state index contributed by atoms with van der Waals surface area (Å²) >= 11 is 0. The van der Waals surface area contributed by atoms with Gasteiger partial charge in [-0.15, -0.1) is 0 Å². The van der Waals surface area contributed by atoms with Crippen LogP contribution in [0.25, 0.3) is 0 Å². The van der Waals surface area contributed by atoms with Crippen LogP contribution in [0.4, 0.5) is 0 Å². The largest absolute Gasteiger partial charge is 0 e. The molecule has 0 spiro atoms. The number of rotatable bonds is 0. The average Bonchev–Trinajstić information content (AvgIpc) is 1.37. The Kier molecular flexibility index (Phi) is 16.9. The Hall–Kier alpha value is 1.12. The topological polar surface area (TPSA) is 29.4 Å². The molecule has 0 saturated carbocycles. The van der Waals surface area contributed by atoms with E-state index >= 15 is 0 Å². The van der Waals surface area contributed by atoms with Crippen molar-refractivity contribution in [3.05, 3.63) is 0 Å². The Morgan fingerprint density at radius 1 is 1.80 bits per heavy atom. The molecular weight excluding hydrogens is 198 g/mol. The first-order valence-corrected chi connectivity index (χ1v) is 1.92. The minimum absolute atomic E-state index is 0. The van der Waals surface area contributed by atoms with E-state index < -0.39 is 0 Å². The number of hydrogen-bond acceptors (Lipinski definition) is 2. The molecule has 5 heavy (non-hydrogen) atoms. The van der Waals surface area contributed by atoms with E-state index in [-0.39, 0.29) is 28.7 Å². The van der Waals surface area contributed by atoms with Crippen LogP contribution < -0.4 is 0 Å². The number of hydrogen-bond donors (Lipinski definition) is 0. The van der Waals surface area contributed by atoms with Crippen LogP contribution in [0.15, 0.2) is 4.52 Å². The predicted octanol–water partition coefficient (Wildman–Crippen LogP) is 1.25. The minimum Gasteiger partial charge on any atom is 0 e. The van der Waals surface area contributed by atoms with Gasteiger partial charge in [0.2, 0.25) is 0 Å². The second-order valence-corrected chi connectivity index (χ2v) is 1.28. The quantitative estimate of drug-likeness (QED) is 0.427. The van der Waals surface area contributed by atoms with Gasteiger partial charge >= 0.3 is 26.7 Å². The summed E-state index contributed by atoms with van der Waals surface area (Å²) in [6, 6.07) is 0. The first-order chi connectivity index (χ1) is 1.91. The second-order valence-electron chi connectivity index (χ2n) is 0.197. The zero-order chi connectivity index (χ0) is 3.41. The van der Waals surface area contributed by atoms with Gasteiger partial charge in [-0.3, -0.25) is 0 Å². The van der Waals surface area contributed by atoms with Gasteiger partial charge in [0.25, 0.3) is 0 Å². The molecule has 0 aromatic heterocycles. The molecule has 0 aromatic carbocycles. The standard InChI is InChI=1S/H2NOP2.Pd/c2-4-1-3;/h3H2;/q+1;. The Morgan fingerprint density at radius 2 is 2.00 bits per heavy atom. The van der Waals surface area contributed by atoms with Crippen LogP contribution in [0.5, 0.6) is 0 Å². The SMILES string of the molecule is O=[P+]=NP.[Pd]. The summed E-state index contributed by atoms with van der Waals surface area (Å²) in [5.41, 5.74) is 0. The first kappa shape index (κ1) is 9.45. The van der Waals surface area contributed by atoms with Crippen molar-refractivity contribution >= 4 is 17.6 Å². The predicted molar refractivity (Wildman–Crippen MR) is 19.7 cm³/mol. The zero-order valence-electron chi connectivity index (χ0n) is 2.20. The molecule has 0 radical (unpaired) electrons. The van der Waals surface area contributed by atoms with E-state index in [0.29, 0.717) is 0 Å². The smallest absolute Gasteiger partial charge is 0 e. The summed E-state index contributed by atoms with van der Waals surface area (Å²) in [6.45, 7) is 0. The van der Waals surface area contributed by atoms with Gasteiger partial charge in [-0.2, -0.15) is 0 Å². The second kappa shape index (κ2) is 8.93. The van der Waals surface area contributed by atoms with Gasteiger partial charge in [0.15, 0.2) is 0 Å². The van der Waals surface area contributed by atoms with Crippen molar-refractivity contribution in [3.63, 3.8) is 0 Å². The Labute approximate surface area is 47.6 Å². The summed E-state index contributed by atoms with van der Waals surface area (Å²) in [7, 11) is 1.79. The maximum atomic E-state index is 9.08. The van der Waals surface area contributed by atoms with Crippen LogP contribution in [0, 0.1) is 0 Å². The van der Waals surface area contributed by atoms with E-state index in [0.717, 1.165) is 0 Å². The molecule has 0 aliphatic carbocycles. The van der Waals surface area contributed by atoms with Gasteiger partial charge in [-0.1, -0.05) is 0 Å². The van der Waals surface area contributed by atoms with Crippen LogP contribution in [0.2, 0.25) is 0 Å². The molecule has 0 fully saturated rings. The Morgan fingerprint density at radius 3 is 2.00 bits per heavy atom. The summed E-state index contributed by atoms with van der Waals surface area (Å²) in [6.07, 6.45) is 0. The van der Waals surface area contributed by atoms with Crippen molar-refractivity contribution in [2.24, 2.45) is 4.52 Å².